The molecule has 0 saturated carbocycles. The summed E-state index contributed by atoms with van der Waals surface area (Å²) in [6.45, 7) is 8.87. The van der Waals surface area contributed by atoms with E-state index in [4.69, 9.17) is 4.74 Å². The Kier molecular flexibility index (Phi) is 6.23. The molecule has 0 amide bonds. The van der Waals surface area contributed by atoms with E-state index >= 15 is 0 Å². The zero-order valence-corrected chi connectivity index (χ0v) is 9.98. The van der Waals surface area contributed by atoms with Crippen molar-refractivity contribution in [2.45, 2.75) is 19.9 Å². The van der Waals surface area contributed by atoms with Crippen LogP contribution in [0.25, 0.3) is 0 Å². The van der Waals surface area contributed by atoms with E-state index in [2.05, 4.69) is 22.3 Å². The van der Waals surface area contributed by atoms with Gasteiger partial charge in [-0.25, -0.2) is 4.98 Å². The Bertz CT molecular complexity index is 286. The Labute approximate surface area is 95.2 Å². The third kappa shape index (κ3) is 5.67. The van der Waals surface area contributed by atoms with Gasteiger partial charge in [0.25, 0.3) is 0 Å². The number of nitrogens with one attached hydrogen (secondary N) is 1. The number of hydrogen-bond donors (Lipinski definition) is 1. The van der Waals surface area contributed by atoms with E-state index in [-0.39, 0.29) is 0 Å². The molecule has 84 valence electrons. The normalized spacial score (nSPS) is 10.5. The zero-order chi connectivity index (χ0) is 10.9. The average Bonchev–Trinajstić information content (AvgIpc) is 2.63. The van der Waals surface area contributed by atoms with E-state index < -0.39 is 0 Å². The minimum Gasteiger partial charge on any atom is -0.380 e. The summed E-state index contributed by atoms with van der Waals surface area (Å²) >= 11 is 1.69. The van der Waals surface area contributed by atoms with Crippen LogP contribution in [-0.4, -0.2) is 24.7 Å². The van der Waals surface area contributed by atoms with Crippen LogP contribution in [0.5, 0.6) is 0 Å². The lowest BCUT2D eigenvalue weighted by molar-refractivity contribution is 0.140. The fraction of sp³-hybridized carbons (Fsp3) is 0.545. The van der Waals surface area contributed by atoms with Crippen LogP contribution in [0.15, 0.2) is 18.0 Å². The van der Waals surface area contributed by atoms with Crippen LogP contribution < -0.4 is 5.32 Å². The molecule has 1 aromatic rings. The second-order valence-electron chi connectivity index (χ2n) is 3.25. The van der Waals surface area contributed by atoms with E-state index in [1.807, 2.05) is 13.0 Å². The Morgan fingerprint density at radius 2 is 2.47 bits per heavy atom. The molecule has 0 spiro atoms. The summed E-state index contributed by atoms with van der Waals surface area (Å²) in [7, 11) is 0. The number of aromatic nitrogens is 1. The molecule has 1 N–H and O–H groups in total. The van der Waals surface area contributed by atoms with E-state index in [9.17, 15) is 0 Å². The van der Waals surface area contributed by atoms with Crippen molar-refractivity contribution in [3.05, 3.63) is 28.7 Å². The Hall–Kier alpha value is -0.710. The van der Waals surface area contributed by atoms with Crippen molar-refractivity contribution in [2.24, 2.45) is 0 Å². The lowest BCUT2D eigenvalue weighted by Crippen LogP contribution is -2.19. The first-order chi connectivity index (χ1) is 7.33. The highest BCUT2D eigenvalue weighted by Crippen LogP contribution is 2.07. The molecule has 4 heteroatoms. The van der Waals surface area contributed by atoms with Crippen molar-refractivity contribution < 1.29 is 4.74 Å². The minimum atomic E-state index is 0.748. The van der Waals surface area contributed by atoms with Crippen molar-refractivity contribution in [1.29, 1.82) is 0 Å². The highest BCUT2D eigenvalue weighted by atomic mass is 32.1. The topological polar surface area (TPSA) is 34.1 Å². The average molecular weight is 226 g/mol. The van der Waals surface area contributed by atoms with Gasteiger partial charge in [0.2, 0.25) is 0 Å². The number of hydrogen-bond acceptors (Lipinski definition) is 4. The van der Waals surface area contributed by atoms with Gasteiger partial charge in [-0.05, 0) is 13.3 Å². The van der Waals surface area contributed by atoms with Crippen LogP contribution in [0, 0.1) is 6.92 Å². The number of rotatable bonds is 8. The summed E-state index contributed by atoms with van der Waals surface area (Å²) in [5.41, 5.74) is 1.10. The molecule has 0 unspecified atom stereocenters. The first-order valence-electron chi connectivity index (χ1n) is 5.13. The van der Waals surface area contributed by atoms with Crippen LogP contribution in [0.4, 0.5) is 0 Å². The third-order valence-electron chi connectivity index (χ3n) is 1.83. The second-order valence-corrected chi connectivity index (χ2v) is 4.19. The maximum Gasteiger partial charge on any atom is 0.107 e. The largest absolute Gasteiger partial charge is 0.380 e. The molecule has 1 rings (SSSR count). The molecule has 0 aliphatic rings. The molecular formula is C11H18N2OS. The van der Waals surface area contributed by atoms with E-state index in [1.54, 1.807) is 11.3 Å². The predicted molar refractivity (Wildman–Crippen MR) is 64.2 cm³/mol. The van der Waals surface area contributed by atoms with Crippen molar-refractivity contribution in [1.82, 2.24) is 10.3 Å². The van der Waals surface area contributed by atoms with Gasteiger partial charge in [0, 0.05) is 24.2 Å². The standard InChI is InChI=1S/C11H18N2OS/c1-3-4-6-14-7-5-12-8-11-13-10(2)9-15-11/h3,9,12H,1,4-8H2,2H3. The highest BCUT2D eigenvalue weighted by molar-refractivity contribution is 7.09. The predicted octanol–water partition coefficient (Wildman–Crippen LogP) is 2.13. The summed E-state index contributed by atoms with van der Waals surface area (Å²) in [4.78, 5) is 4.36. The molecule has 15 heavy (non-hydrogen) atoms. The highest BCUT2D eigenvalue weighted by Gasteiger charge is 1.96. The fourth-order valence-corrected chi connectivity index (χ4v) is 1.83. The fourth-order valence-electron chi connectivity index (χ4n) is 1.09. The van der Waals surface area contributed by atoms with Crippen LogP contribution >= 0.6 is 11.3 Å². The molecule has 0 radical (unpaired) electrons. The van der Waals surface area contributed by atoms with Crippen molar-refractivity contribution >= 4 is 11.3 Å². The van der Waals surface area contributed by atoms with Crippen molar-refractivity contribution in [3.63, 3.8) is 0 Å². The summed E-state index contributed by atoms with van der Waals surface area (Å²) in [5, 5.41) is 6.49. The van der Waals surface area contributed by atoms with Gasteiger partial charge < -0.3 is 10.1 Å². The van der Waals surface area contributed by atoms with Crippen LogP contribution in [0.3, 0.4) is 0 Å². The molecule has 0 bridgehead atoms. The van der Waals surface area contributed by atoms with Gasteiger partial charge in [0.15, 0.2) is 0 Å². The molecule has 0 atom stereocenters. The van der Waals surface area contributed by atoms with E-state index in [0.717, 1.165) is 43.4 Å². The number of thiazole rings is 1. The Balaban J connectivity index is 1.95. The summed E-state index contributed by atoms with van der Waals surface area (Å²) in [6, 6.07) is 0. The molecule has 1 aromatic heterocycles. The lowest BCUT2D eigenvalue weighted by Gasteiger charge is -2.03. The zero-order valence-electron chi connectivity index (χ0n) is 9.16. The molecule has 0 fully saturated rings. The third-order valence-corrected chi connectivity index (χ3v) is 2.80. The maximum atomic E-state index is 5.37. The van der Waals surface area contributed by atoms with Gasteiger partial charge in [-0.3, -0.25) is 0 Å². The molecule has 3 nitrogen and oxygen atoms in total. The van der Waals surface area contributed by atoms with Gasteiger partial charge in [-0.15, -0.1) is 17.9 Å². The Morgan fingerprint density at radius 1 is 1.60 bits per heavy atom. The van der Waals surface area contributed by atoms with E-state index in [1.165, 1.54) is 0 Å². The minimum absolute atomic E-state index is 0.748. The molecule has 0 aliphatic heterocycles. The summed E-state index contributed by atoms with van der Waals surface area (Å²) in [5.74, 6) is 0. The maximum absolute atomic E-state index is 5.37. The Morgan fingerprint density at radius 3 is 3.13 bits per heavy atom. The van der Waals surface area contributed by atoms with Crippen molar-refractivity contribution in [3.8, 4) is 0 Å². The smallest absolute Gasteiger partial charge is 0.107 e. The first-order valence-corrected chi connectivity index (χ1v) is 6.01. The van der Waals surface area contributed by atoms with Gasteiger partial charge in [0.1, 0.15) is 5.01 Å². The van der Waals surface area contributed by atoms with Crippen LogP contribution in [0.2, 0.25) is 0 Å². The molecular weight excluding hydrogens is 208 g/mol. The van der Waals surface area contributed by atoms with Gasteiger partial charge in [-0.2, -0.15) is 0 Å². The summed E-state index contributed by atoms with van der Waals surface area (Å²) in [6.07, 6.45) is 2.79. The SMILES string of the molecule is C=CCCOCCNCc1nc(C)cs1. The monoisotopic (exact) mass is 226 g/mol. The number of ether oxygens (including phenoxy) is 1. The molecule has 0 aliphatic carbocycles. The van der Waals surface area contributed by atoms with Crippen molar-refractivity contribution in [2.75, 3.05) is 19.8 Å². The van der Waals surface area contributed by atoms with Gasteiger partial charge in [0.05, 0.1) is 13.2 Å². The molecule has 0 aromatic carbocycles. The van der Waals surface area contributed by atoms with Gasteiger partial charge in [-0.1, -0.05) is 6.08 Å². The second kappa shape index (κ2) is 7.56. The molecule has 1 heterocycles. The quantitative estimate of drug-likeness (QED) is 0.544. The first kappa shape index (κ1) is 12.4. The lowest BCUT2D eigenvalue weighted by atomic mass is 10.4. The van der Waals surface area contributed by atoms with Crippen LogP contribution in [-0.2, 0) is 11.3 Å². The van der Waals surface area contributed by atoms with E-state index in [0.29, 0.717) is 0 Å². The van der Waals surface area contributed by atoms with Crippen LogP contribution in [0.1, 0.15) is 17.1 Å². The molecule has 0 saturated heterocycles. The summed E-state index contributed by atoms with van der Waals surface area (Å²) < 4.78 is 5.37. The van der Waals surface area contributed by atoms with Gasteiger partial charge >= 0.3 is 0 Å². The number of nitrogens with zero attached hydrogens (tertiary/aromatic N) is 1. The number of aryl methyl sites for hydroxylation is 1.